The zero-order valence-electron chi connectivity index (χ0n) is 21.5. The molecule has 1 aromatic carbocycles. The number of carbonyl (C=O) groups is 2. The van der Waals surface area contributed by atoms with E-state index in [1.807, 2.05) is 0 Å². The minimum absolute atomic E-state index is 0.104. The van der Waals surface area contributed by atoms with E-state index >= 15 is 0 Å². The van der Waals surface area contributed by atoms with E-state index in [9.17, 15) is 18.4 Å². The average molecular weight is 573 g/mol. The summed E-state index contributed by atoms with van der Waals surface area (Å²) in [6.45, 7) is 9.15. The van der Waals surface area contributed by atoms with E-state index in [4.69, 9.17) is 22.1 Å². The second-order valence-corrected chi connectivity index (χ2v) is 10.4. The van der Waals surface area contributed by atoms with E-state index in [2.05, 4.69) is 31.7 Å². The van der Waals surface area contributed by atoms with Crippen LogP contribution in [0.25, 0.3) is 0 Å². The number of aromatic nitrogens is 1. The SMILES string of the molecule is CCCN1CCN(CCCCCCNC(=O)Nc2snc(OCc3cc(F)c(Cl)cc3F)c2C(N)=O)CC1. The lowest BCUT2D eigenvalue weighted by Gasteiger charge is -2.34. The number of unbranched alkanes of at least 4 members (excludes halogenated alkanes) is 3. The van der Waals surface area contributed by atoms with Crippen molar-refractivity contribution in [2.24, 2.45) is 5.73 Å². The van der Waals surface area contributed by atoms with Gasteiger partial charge in [0.15, 0.2) is 0 Å². The molecule has 1 fully saturated rings. The monoisotopic (exact) mass is 572 g/mol. The van der Waals surface area contributed by atoms with Gasteiger partial charge in [0.1, 0.15) is 28.8 Å². The molecule has 4 N–H and O–H groups in total. The molecule has 0 radical (unpaired) electrons. The third-order valence-electron chi connectivity index (χ3n) is 6.28. The lowest BCUT2D eigenvalue weighted by atomic mass is 10.2. The van der Waals surface area contributed by atoms with Gasteiger partial charge in [0.05, 0.1) is 5.02 Å². The maximum Gasteiger partial charge on any atom is 0.319 e. The topological polar surface area (TPSA) is 113 Å². The van der Waals surface area contributed by atoms with Crippen LogP contribution in [-0.2, 0) is 6.61 Å². The van der Waals surface area contributed by atoms with Crippen molar-refractivity contribution in [3.8, 4) is 5.88 Å². The van der Waals surface area contributed by atoms with Crippen molar-refractivity contribution in [2.75, 3.05) is 51.1 Å². The van der Waals surface area contributed by atoms with Crippen molar-refractivity contribution >= 4 is 40.1 Å². The molecular formula is C25H35ClF2N6O3S. The third-order valence-corrected chi connectivity index (χ3v) is 7.31. The van der Waals surface area contributed by atoms with Crippen LogP contribution < -0.4 is 21.1 Å². The maximum atomic E-state index is 14.0. The quantitative estimate of drug-likeness (QED) is 0.227. The van der Waals surface area contributed by atoms with Crippen molar-refractivity contribution in [2.45, 2.75) is 45.6 Å². The highest BCUT2D eigenvalue weighted by Crippen LogP contribution is 2.31. The van der Waals surface area contributed by atoms with Crippen LogP contribution in [0, 0.1) is 11.6 Å². The molecule has 3 amide bonds. The van der Waals surface area contributed by atoms with E-state index in [0.717, 1.165) is 82.1 Å². The highest BCUT2D eigenvalue weighted by atomic mass is 35.5. The summed E-state index contributed by atoms with van der Waals surface area (Å²) in [4.78, 5) is 29.3. The summed E-state index contributed by atoms with van der Waals surface area (Å²) in [5, 5.41) is 5.06. The summed E-state index contributed by atoms with van der Waals surface area (Å²) in [7, 11) is 0. The molecule has 0 aliphatic carbocycles. The first-order chi connectivity index (χ1) is 18.3. The predicted octanol–water partition coefficient (Wildman–Crippen LogP) is 4.46. The zero-order valence-corrected chi connectivity index (χ0v) is 23.1. The number of benzene rings is 1. The third kappa shape index (κ3) is 9.04. The molecule has 0 atom stereocenters. The molecule has 13 heteroatoms. The normalized spacial score (nSPS) is 14.4. The number of anilines is 1. The first-order valence-corrected chi connectivity index (χ1v) is 14.0. The highest BCUT2D eigenvalue weighted by molar-refractivity contribution is 7.11. The Morgan fingerprint density at radius 3 is 2.45 bits per heavy atom. The number of ether oxygens (including phenoxy) is 1. The molecule has 9 nitrogen and oxygen atoms in total. The van der Waals surface area contributed by atoms with Crippen LogP contribution in [0.4, 0.5) is 18.6 Å². The van der Waals surface area contributed by atoms with Gasteiger partial charge in [-0.15, -0.1) is 0 Å². The van der Waals surface area contributed by atoms with Gasteiger partial charge in [0, 0.05) is 38.3 Å². The lowest BCUT2D eigenvalue weighted by molar-refractivity contribution is 0.0996. The van der Waals surface area contributed by atoms with Crippen LogP contribution in [0.15, 0.2) is 12.1 Å². The van der Waals surface area contributed by atoms with Gasteiger partial charge >= 0.3 is 6.03 Å². The Morgan fingerprint density at radius 1 is 1.08 bits per heavy atom. The number of hydrogen-bond acceptors (Lipinski definition) is 7. The number of nitrogens with two attached hydrogens (primary N) is 1. The summed E-state index contributed by atoms with van der Waals surface area (Å²) < 4.78 is 37.0. The van der Waals surface area contributed by atoms with Crippen molar-refractivity contribution in [3.05, 3.63) is 39.9 Å². The number of nitrogens with zero attached hydrogens (tertiary/aromatic N) is 3. The molecule has 0 saturated carbocycles. The molecule has 1 aliphatic rings. The van der Waals surface area contributed by atoms with E-state index in [1.165, 1.54) is 13.0 Å². The molecule has 0 bridgehead atoms. The van der Waals surface area contributed by atoms with Gasteiger partial charge in [-0.1, -0.05) is 31.4 Å². The molecule has 1 aromatic heterocycles. The minimum atomic E-state index is -0.876. The van der Waals surface area contributed by atoms with Crippen LogP contribution in [0.2, 0.25) is 5.02 Å². The summed E-state index contributed by atoms with van der Waals surface area (Å²) in [5.74, 6) is -2.63. The largest absolute Gasteiger partial charge is 0.471 e. The first kappa shape index (κ1) is 30.0. The fourth-order valence-corrected chi connectivity index (χ4v) is 5.10. The Kier molecular flexibility index (Phi) is 12.0. The van der Waals surface area contributed by atoms with Crippen LogP contribution in [-0.4, -0.2) is 71.9 Å². The molecule has 38 heavy (non-hydrogen) atoms. The fourth-order valence-electron chi connectivity index (χ4n) is 4.21. The number of piperazine rings is 1. The smallest absolute Gasteiger partial charge is 0.319 e. The number of amides is 3. The molecule has 0 unspecified atom stereocenters. The van der Waals surface area contributed by atoms with E-state index < -0.39 is 30.2 Å². The van der Waals surface area contributed by atoms with E-state index in [-0.39, 0.29) is 27.0 Å². The van der Waals surface area contributed by atoms with E-state index in [1.54, 1.807) is 0 Å². The summed E-state index contributed by atoms with van der Waals surface area (Å²) >= 11 is 6.35. The van der Waals surface area contributed by atoms with Crippen LogP contribution >= 0.6 is 23.1 Å². The Hall–Kier alpha value is -2.54. The molecule has 3 rings (SSSR count). The molecule has 210 valence electrons. The number of urea groups is 1. The predicted molar refractivity (Wildman–Crippen MR) is 145 cm³/mol. The number of carbonyl (C=O) groups excluding carboxylic acids is 2. The van der Waals surface area contributed by atoms with Crippen molar-refractivity contribution in [3.63, 3.8) is 0 Å². The maximum absolute atomic E-state index is 14.0. The number of nitrogens with one attached hydrogen (secondary N) is 2. The van der Waals surface area contributed by atoms with Gasteiger partial charge in [0.2, 0.25) is 5.88 Å². The van der Waals surface area contributed by atoms with Gasteiger partial charge < -0.3 is 25.6 Å². The zero-order chi connectivity index (χ0) is 27.5. The van der Waals surface area contributed by atoms with Crippen molar-refractivity contribution in [1.82, 2.24) is 19.5 Å². The van der Waals surface area contributed by atoms with Gasteiger partial charge in [-0.3, -0.25) is 10.1 Å². The van der Waals surface area contributed by atoms with Crippen molar-refractivity contribution < 1.29 is 23.1 Å². The standard InChI is InChI=1S/C25H35ClF2N6O3S/c1-2-8-33-10-12-34(13-11-33)9-6-4-3-5-7-30-25(36)31-24-21(22(29)35)23(32-38-24)37-16-17-14-20(28)18(26)15-19(17)27/h14-15H,2-13,16H2,1H3,(H2,29,35)(H2,30,31,36). The molecule has 2 aromatic rings. The summed E-state index contributed by atoms with van der Waals surface area (Å²) in [6, 6.07) is 1.23. The molecule has 0 spiro atoms. The molecule has 1 saturated heterocycles. The Morgan fingerprint density at radius 2 is 1.76 bits per heavy atom. The number of hydrogen-bond donors (Lipinski definition) is 3. The summed E-state index contributed by atoms with van der Waals surface area (Å²) in [5.41, 5.74) is 5.18. The van der Waals surface area contributed by atoms with Gasteiger partial charge in [-0.25, -0.2) is 13.6 Å². The Labute approximate surface area is 230 Å². The van der Waals surface area contributed by atoms with Crippen LogP contribution in [0.1, 0.15) is 54.9 Å². The van der Waals surface area contributed by atoms with Crippen molar-refractivity contribution in [1.29, 1.82) is 0 Å². The summed E-state index contributed by atoms with van der Waals surface area (Å²) in [6.07, 6.45) is 5.27. The van der Waals surface area contributed by atoms with Gasteiger partial charge in [-0.2, -0.15) is 4.37 Å². The Balaban J connectivity index is 1.36. The van der Waals surface area contributed by atoms with Crippen LogP contribution in [0.5, 0.6) is 5.88 Å². The Bertz CT molecular complexity index is 1080. The van der Waals surface area contributed by atoms with Crippen LogP contribution in [0.3, 0.4) is 0 Å². The first-order valence-electron chi connectivity index (χ1n) is 12.8. The van der Waals surface area contributed by atoms with Gasteiger partial charge in [-0.05, 0) is 56.0 Å². The lowest BCUT2D eigenvalue weighted by Crippen LogP contribution is -2.46. The highest BCUT2D eigenvalue weighted by Gasteiger charge is 2.22. The molecule has 2 heterocycles. The molecule has 1 aliphatic heterocycles. The second-order valence-electron chi connectivity index (χ2n) is 9.18. The second kappa shape index (κ2) is 15.2. The van der Waals surface area contributed by atoms with E-state index in [0.29, 0.717) is 6.54 Å². The minimum Gasteiger partial charge on any atom is -0.471 e. The number of rotatable bonds is 14. The number of halogens is 3. The fraction of sp³-hybridized carbons (Fsp3) is 0.560. The number of primary amides is 1. The van der Waals surface area contributed by atoms with Gasteiger partial charge in [0.25, 0.3) is 5.91 Å². The molecular weight excluding hydrogens is 538 g/mol. The average Bonchev–Trinajstić information content (AvgIpc) is 3.28.